The fourth-order valence-corrected chi connectivity index (χ4v) is 2.50. The highest BCUT2D eigenvalue weighted by Gasteiger charge is 2.08. The zero-order valence-corrected chi connectivity index (χ0v) is 13.7. The van der Waals surface area contributed by atoms with Gasteiger partial charge in [-0.05, 0) is 42.0 Å². The van der Waals surface area contributed by atoms with Gasteiger partial charge in [-0.25, -0.2) is 14.4 Å². The normalized spacial score (nSPS) is 11.1. The first kappa shape index (κ1) is 15.8. The SMILES string of the molecule is Fc1ccc(/C=N/Nc2nc(-c3cccnc3)nc3ccccc23)cc1. The minimum absolute atomic E-state index is 0.280. The van der Waals surface area contributed by atoms with Crippen molar-refractivity contribution in [1.82, 2.24) is 15.0 Å². The van der Waals surface area contributed by atoms with Crippen molar-refractivity contribution in [3.63, 3.8) is 0 Å². The Hall–Kier alpha value is -3.67. The Labute approximate surface area is 149 Å². The molecule has 0 unspecified atom stereocenters. The second kappa shape index (κ2) is 7.06. The van der Waals surface area contributed by atoms with E-state index in [-0.39, 0.29) is 5.82 Å². The third-order valence-corrected chi connectivity index (χ3v) is 3.78. The summed E-state index contributed by atoms with van der Waals surface area (Å²) in [6.07, 6.45) is 5.03. The number of pyridine rings is 1. The number of hydrazone groups is 1. The molecule has 2 aromatic heterocycles. The predicted octanol–water partition coefficient (Wildman–Crippen LogP) is 4.28. The van der Waals surface area contributed by atoms with E-state index in [1.54, 1.807) is 30.7 Å². The highest BCUT2D eigenvalue weighted by Crippen LogP contribution is 2.24. The average molecular weight is 343 g/mol. The van der Waals surface area contributed by atoms with E-state index in [0.717, 1.165) is 22.0 Å². The van der Waals surface area contributed by atoms with Gasteiger partial charge in [0.1, 0.15) is 5.82 Å². The van der Waals surface area contributed by atoms with Crippen LogP contribution in [-0.4, -0.2) is 21.2 Å². The van der Waals surface area contributed by atoms with Crippen LogP contribution >= 0.6 is 0 Å². The fourth-order valence-electron chi connectivity index (χ4n) is 2.50. The van der Waals surface area contributed by atoms with Crippen molar-refractivity contribution >= 4 is 22.9 Å². The molecule has 0 bridgehead atoms. The van der Waals surface area contributed by atoms with Gasteiger partial charge in [0.05, 0.1) is 11.7 Å². The van der Waals surface area contributed by atoms with Gasteiger partial charge < -0.3 is 0 Å². The summed E-state index contributed by atoms with van der Waals surface area (Å²) >= 11 is 0. The lowest BCUT2D eigenvalue weighted by atomic mass is 10.2. The Morgan fingerprint density at radius 2 is 1.77 bits per heavy atom. The first-order valence-electron chi connectivity index (χ1n) is 8.01. The molecule has 26 heavy (non-hydrogen) atoms. The number of fused-ring (bicyclic) bond motifs is 1. The molecule has 0 spiro atoms. The molecular formula is C20H14FN5. The molecule has 2 heterocycles. The lowest BCUT2D eigenvalue weighted by Gasteiger charge is -2.08. The van der Waals surface area contributed by atoms with E-state index >= 15 is 0 Å². The van der Waals surface area contributed by atoms with Gasteiger partial charge in [-0.15, -0.1) is 0 Å². The van der Waals surface area contributed by atoms with E-state index < -0.39 is 0 Å². The minimum atomic E-state index is -0.280. The Kier molecular flexibility index (Phi) is 4.30. The molecule has 0 radical (unpaired) electrons. The van der Waals surface area contributed by atoms with E-state index in [0.29, 0.717) is 11.6 Å². The number of rotatable bonds is 4. The molecule has 0 amide bonds. The first-order chi connectivity index (χ1) is 12.8. The molecule has 4 rings (SSSR count). The van der Waals surface area contributed by atoms with E-state index in [9.17, 15) is 4.39 Å². The zero-order chi connectivity index (χ0) is 17.8. The fraction of sp³-hybridized carbons (Fsp3) is 0. The summed E-state index contributed by atoms with van der Waals surface area (Å²) in [6, 6.07) is 17.5. The van der Waals surface area contributed by atoms with Crippen LogP contribution in [0.15, 0.2) is 78.2 Å². The van der Waals surface area contributed by atoms with Crippen LogP contribution in [0.4, 0.5) is 10.2 Å². The zero-order valence-electron chi connectivity index (χ0n) is 13.7. The van der Waals surface area contributed by atoms with Gasteiger partial charge >= 0.3 is 0 Å². The lowest BCUT2D eigenvalue weighted by Crippen LogP contribution is -1.99. The molecule has 5 nitrogen and oxygen atoms in total. The van der Waals surface area contributed by atoms with Crippen LogP contribution in [0.3, 0.4) is 0 Å². The number of nitrogens with one attached hydrogen (secondary N) is 1. The van der Waals surface area contributed by atoms with Crippen molar-refractivity contribution in [2.45, 2.75) is 0 Å². The van der Waals surface area contributed by atoms with Crippen LogP contribution in [0.25, 0.3) is 22.3 Å². The van der Waals surface area contributed by atoms with Crippen LogP contribution in [0.5, 0.6) is 0 Å². The minimum Gasteiger partial charge on any atom is -0.264 e. The standard InChI is InChI=1S/C20H14FN5/c21-16-9-7-14(8-10-16)12-23-26-20-17-5-1-2-6-18(17)24-19(25-20)15-4-3-11-22-13-15/h1-13H,(H,24,25,26)/b23-12+. The smallest absolute Gasteiger partial charge is 0.163 e. The molecule has 0 aliphatic rings. The Morgan fingerprint density at radius 3 is 2.58 bits per heavy atom. The Bertz CT molecular complexity index is 1060. The van der Waals surface area contributed by atoms with Crippen molar-refractivity contribution in [2.75, 3.05) is 5.43 Å². The largest absolute Gasteiger partial charge is 0.264 e. The summed E-state index contributed by atoms with van der Waals surface area (Å²) in [5.41, 5.74) is 5.38. The lowest BCUT2D eigenvalue weighted by molar-refractivity contribution is 0.628. The Balaban J connectivity index is 1.70. The van der Waals surface area contributed by atoms with Crippen LogP contribution in [0, 0.1) is 5.82 Å². The molecule has 1 N–H and O–H groups in total. The maximum absolute atomic E-state index is 13.0. The van der Waals surface area contributed by atoms with E-state index in [4.69, 9.17) is 0 Å². The summed E-state index contributed by atoms with van der Waals surface area (Å²) in [5.74, 6) is 0.877. The third kappa shape index (κ3) is 3.39. The molecule has 0 saturated carbocycles. The van der Waals surface area contributed by atoms with Gasteiger partial charge in [0.2, 0.25) is 0 Å². The number of halogens is 1. The van der Waals surface area contributed by atoms with E-state index in [2.05, 4.69) is 25.5 Å². The number of benzene rings is 2. The molecule has 0 aliphatic heterocycles. The van der Waals surface area contributed by atoms with Crippen molar-refractivity contribution in [2.24, 2.45) is 5.10 Å². The molecule has 6 heteroatoms. The predicted molar refractivity (Wildman–Crippen MR) is 100 cm³/mol. The topological polar surface area (TPSA) is 63.1 Å². The molecule has 0 aliphatic carbocycles. The number of aromatic nitrogens is 3. The molecule has 2 aromatic carbocycles. The van der Waals surface area contributed by atoms with Gasteiger partial charge in [-0.3, -0.25) is 10.4 Å². The summed E-state index contributed by atoms with van der Waals surface area (Å²) in [4.78, 5) is 13.3. The summed E-state index contributed by atoms with van der Waals surface area (Å²) in [7, 11) is 0. The number of hydrogen-bond donors (Lipinski definition) is 1. The maximum Gasteiger partial charge on any atom is 0.163 e. The van der Waals surface area contributed by atoms with E-state index in [1.165, 1.54) is 12.1 Å². The van der Waals surface area contributed by atoms with E-state index in [1.807, 2.05) is 36.4 Å². The molecular weight excluding hydrogens is 329 g/mol. The van der Waals surface area contributed by atoms with Crippen LogP contribution in [0.2, 0.25) is 0 Å². The molecule has 0 saturated heterocycles. The molecule has 126 valence electrons. The summed E-state index contributed by atoms with van der Waals surface area (Å²) < 4.78 is 13.0. The number of para-hydroxylation sites is 1. The molecule has 4 aromatic rings. The number of anilines is 1. The summed E-state index contributed by atoms with van der Waals surface area (Å²) in [6.45, 7) is 0. The van der Waals surface area contributed by atoms with Crippen molar-refractivity contribution < 1.29 is 4.39 Å². The maximum atomic E-state index is 13.0. The monoisotopic (exact) mass is 343 g/mol. The van der Waals surface area contributed by atoms with Gasteiger partial charge in [0, 0.05) is 23.3 Å². The van der Waals surface area contributed by atoms with Crippen LogP contribution in [-0.2, 0) is 0 Å². The van der Waals surface area contributed by atoms with Gasteiger partial charge in [-0.2, -0.15) is 5.10 Å². The first-order valence-corrected chi connectivity index (χ1v) is 8.01. The van der Waals surface area contributed by atoms with Crippen molar-refractivity contribution in [3.05, 3.63) is 84.4 Å². The summed E-state index contributed by atoms with van der Waals surface area (Å²) in [5, 5.41) is 5.08. The highest BCUT2D eigenvalue weighted by atomic mass is 19.1. The quantitative estimate of drug-likeness (QED) is 0.444. The molecule has 0 fully saturated rings. The third-order valence-electron chi connectivity index (χ3n) is 3.78. The number of nitrogens with zero attached hydrogens (tertiary/aromatic N) is 4. The van der Waals surface area contributed by atoms with Gasteiger partial charge in [0.25, 0.3) is 0 Å². The average Bonchev–Trinajstić information content (AvgIpc) is 2.70. The second-order valence-electron chi connectivity index (χ2n) is 5.58. The van der Waals surface area contributed by atoms with Crippen molar-refractivity contribution in [3.8, 4) is 11.4 Å². The highest BCUT2D eigenvalue weighted by molar-refractivity contribution is 5.91. The van der Waals surface area contributed by atoms with Gasteiger partial charge in [-0.1, -0.05) is 24.3 Å². The number of hydrogen-bond acceptors (Lipinski definition) is 5. The Morgan fingerprint density at radius 1 is 0.923 bits per heavy atom. The van der Waals surface area contributed by atoms with Crippen molar-refractivity contribution in [1.29, 1.82) is 0 Å². The van der Waals surface area contributed by atoms with Crippen LogP contribution in [0.1, 0.15) is 5.56 Å². The second-order valence-corrected chi connectivity index (χ2v) is 5.58. The van der Waals surface area contributed by atoms with Gasteiger partial charge in [0.15, 0.2) is 11.6 Å². The van der Waals surface area contributed by atoms with Crippen LogP contribution < -0.4 is 5.43 Å². The molecule has 0 atom stereocenters.